The minimum Gasteiger partial charge on any atom is -0.497 e. The molecule has 0 saturated heterocycles. The van der Waals surface area contributed by atoms with E-state index in [0.717, 1.165) is 18.4 Å². The largest absolute Gasteiger partial charge is 0.497 e. The van der Waals surface area contributed by atoms with E-state index in [0.29, 0.717) is 17.9 Å². The van der Waals surface area contributed by atoms with Crippen molar-refractivity contribution in [3.63, 3.8) is 0 Å². The van der Waals surface area contributed by atoms with Crippen LogP contribution in [0.4, 0.5) is 0 Å². The van der Waals surface area contributed by atoms with Crippen molar-refractivity contribution in [3.8, 4) is 5.75 Å². The molecule has 122 valence electrons. The van der Waals surface area contributed by atoms with Crippen LogP contribution in [0.5, 0.6) is 5.75 Å². The second kappa shape index (κ2) is 5.71. The lowest BCUT2D eigenvalue weighted by Crippen LogP contribution is -2.32. The molecule has 4 rings (SSSR count). The average Bonchev–Trinajstić information content (AvgIpc) is 3.30. The highest BCUT2D eigenvalue weighted by atomic mass is 16.5. The van der Waals surface area contributed by atoms with Crippen LogP contribution in [-0.4, -0.2) is 24.5 Å². The van der Waals surface area contributed by atoms with E-state index in [2.05, 4.69) is 34.7 Å². The van der Waals surface area contributed by atoms with Crippen LogP contribution < -0.4 is 10.1 Å². The number of H-pyrrole nitrogens is 1. The van der Waals surface area contributed by atoms with E-state index in [1.165, 1.54) is 10.9 Å². The number of para-hydroxylation sites is 1. The van der Waals surface area contributed by atoms with Crippen LogP contribution >= 0.6 is 0 Å². The normalized spacial score (nSPS) is 15.2. The summed E-state index contributed by atoms with van der Waals surface area (Å²) in [6, 6.07) is 15.6. The number of carbonyl (C=O) groups is 1. The van der Waals surface area contributed by atoms with E-state index in [9.17, 15) is 4.79 Å². The molecule has 0 spiro atoms. The highest BCUT2D eigenvalue weighted by Crippen LogP contribution is 2.49. The van der Waals surface area contributed by atoms with Crippen molar-refractivity contribution in [1.29, 1.82) is 0 Å². The minimum atomic E-state index is -0.0555. The zero-order valence-corrected chi connectivity index (χ0v) is 13.6. The van der Waals surface area contributed by atoms with Gasteiger partial charge < -0.3 is 15.0 Å². The van der Waals surface area contributed by atoms with Gasteiger partial charge in [0.25, 0.3) is 5.91 Å². The third-order valence-electron chi connectivity index (χ3n) is 4.93. The number of benzene rings is 2. The van der Waals surface area contributed by atoms with Gasteiger partial charge in [0, 0.05) is 34.6 Å². The summed E-state index contributed by atoms with van der Waals surface area (Å²) in [6.07, 6.45) is 4.30. The lowest BCUT2D eigenvalue weighted by Gasteiger charge is -2.16. The summed E-state index contributed by atoms with van der Waals surface area (Å²) in [7, 11) is 1.60. The Hall–Kier alpha value is -2.75. The molecule has 1 heterocycles. The predicted octanol–water partition coefficient (Wildman–Crippen LogP) is 3.64. The van der Waals surface area contributed by atoms with Crippen LogP contribution in [0, 0.1) is 0 Å². The molecule has 1 amide bonds. The first-order valence-electron chi connectivity index (χ1n) is 8.21. The second-order valence-corrected chi connectivity index (χ2v) is 6.44. The Morgan fingerprint density at radius 3 is 2.83 bits per heavy atom. The van der Waals surface area contributed by atoms with Crippen molar-refractivity contribution in [1.82, 2.24) is 10.3 Å². The molecule has 2 N–H and O–H groups in total. The molecular formula is C20H20N2O2. The van der Waals surface area contributed by atoms with Gasteiger partial charge >= 0.3 is 0 Å². The van der Waals surface area contributed by atoms with E-state index in [4.69, 9.17) is 4.74 Å². The quantitative estimate of drug-likeness (QED) is 0.754. The third-order valence-corrected chi connectivity index (χ3v) is 4.93. The first-order valence-corrected chi connectivity index (χ1v) is 8.21. The Bertz CT molecular complexity index is 893. The molecule has 0 atom stereocenters. The molecule has 1 aliphatic rings. The number of aromatic nitrogens is 1. The molecular weight excluding hydrogens is 300 g/mol. The minimum absolute atomic E-state index is 0.0555. The first-order chi connectivity index (χ1) is 11.7. The zero-order valence-electron chi connectivity index (χ0n) is 13.6. The van der Waals surface area contributed by atoms with E-state index >= 15 is 0 Å². The number of hydrogen-bond acceptors (Lipinski definition) is 2. The van der Waals surface area contributed by atoms with Crippen molar-refractivity contribution in [2.45, 2.75) is 18.3 Å². The second-order valence-electron chi connectivity index (χ2n) is 6.44. The molecule has 24 heavy (non-hydrogen) atoms. The van der Waals surface area contributed by atoms with Gasteiger partial charge in [-0.3, -0.25) is 4.79 Å². The number of amides is 1. The van der Waals surface area contributed by atoms with Gasteiger partial charge in [-0.05, 0) is 42.7 Å². The van der Waals surface area contributed by atoms with E-state index in [1.807, 2.05) is 24.3 Å². The fourth-order valence-electron chi connectivity index (χ4n) is 3.32. The SMILES string of the molecule is COc1cccc(C(=O)NCC2(c3c[nH]c4ccccc34)CC2)c1. The third kappa shape index (κ3) is 2.54. The summed E-state index contributed by atoms with van der Waals surface area (Å²) in [4.78, 5) is 15.8. The highest BCUT2D eigenvalue weighted by molar-refractivity contribution is 5.94. The number of aromatic amines is 1. The van der Waals surface area contributed by atoms with Crippen LogP contribution in [0.1, 0.15) is 28.8 Å². The fraction of sp³-hybridized carbons (Fsp3) is 0.250. The maximum Gasteiger partial charge on any atom is 0.251 e. The molecule has 1 aliphatic carbocycles. The predicted molar refractivity (Wildman–Crippen MR) is 94.5 cm³/mol. The summed E-state index contributed by atoms with van der Waals surface area (Å²) >= 11 is 0. The number of methoxy groups -OCH3 is 1. The first kappa shape index (κ1) is 14.8. The Morgan fingerprint density at radius 1 is 1.21 bits per heavy atom. The molecule has 4 nitrogen and oxygen atoms in total. The van der Waals surface area contributed by atoms with Crippen molar-refractivity contribution in [2.24, 2.45) is 0 Å². The average molecular weight is 320 g/mol. The maximum absolute atomic E-state index is 12.4. The molecule has 3 aromatic rings. The van der Waals surface area contributed by atoms with Crippen LogP contribution in [0.15, 0.2) is 54.7 Å². The molecule has 1 fully saturated rings. The van der Waals surface area contributed by atoms with E-state index < -0.39 is 0 Å². The number of carbonyl (C=O) groups excluding carboxylic acids is 1. The number of nitrogens with one attached hydrogen (secondary N) is 2. The molecule has 2 aromatic carbocycles. The van der Waals surface area contributed by atoms with Gasteiger partial charge in [0.2, 0.25) is 0 Å². The summed E-state index contributed by atoms with van der Waals surface area (Å²) in [5, 5.41) is 4.35. The molecule has 0 radical (unpaired) electrons. The van der Waals surface area contributed by atoms with Gasteiger partial charge in [-0.2, -0.15) is 0 Å². The van der Waals surface area contributed by atoms with E-state index in [-0.39, 0.29) is 11.3 Å². The Balaban J connectivity index is 1.52. The topological polar surface area (TPSA) is 54.1 Å². The summed E-state index contributed by atoms with van der Waals surface area (Å²) in [5.41, 5.74) is 3.15. The van der Waals surface area contributed by atoms with Crippen molar-refractivity contribution >= 4 is 16.8 Å². The lowest BCUT2D eigenvalue weighted by molar-refractivity contribution is 0.0949. The van der Waals surface area contributed by atoms with Gasteiger partial charge in [-0.25, -0.2) is 0 Å². The van der Waals surface area contributed by atoms with Crippen LogP contribution in [-0.2, 0) is 5.41 Å². The maximum atomic E-state index is 12.4. The Labute approximate surface area is 140 Å². The zero-order chi connectivity index (χ0) is 16.6. The molecule has 0 unspecified atom stereocenters. The van der Waals surface area contributed by atoms with Gasteiger partial charge in [-0.15, -0.1) is 0 Å². The summed E-state index contributed by atoms with van der Waals surface area (Å²) in [5.74, 6) is 0.639. The van der Waals surface area contributed by atoms with Gasteiger partial charge in [0.05, 0.1) is 7.11 Å². The molecule has 4 heteroatoms. The highest BCUT2D eigenvalue weighted by Gasteiger charge is 2.45. The number of fused-ring (bicyclic) bond motifs is 1. The van der Waals surface area contributed by atoms with Gasteiger partial charge in [-0.1, -0.05) is 24.3 Å². The van der Waals surface area contributed by atoms with Crippen molar-refractivity contribution in [2.75, 3.05) is 13.7 Å². The Morgan fingerprint density at radius 2 is 2.04 bits per heavy atom. The molecule has 1 aromatic heterocycles. The monoisotopic (exact) mass is 320 g/mol. The lowest BCUT2D eigenvalue weighted by atomic mass is 9.95. The van der Waals surface area contributed by atoms with Crippen molar-refractivity contribution < 1.29 is 9.53 Å². The Kier molecular flexibility index (Phi) is 3.53. The molecule has 0 aliphatic heterocycles. The van der Waals surface area contributed by atoms with Crippen LogP contribution in [0.25, 0.3) is 10.9 Å². The molecule has 0 bridgehead atoms. The summed E-state index contributed by atoms with van der Waals surface area (Å²) < 4.78 is 5.19. The molecule has 1 saturated carbocycles. The van der Waals surface area contributed by atoms with Crippen LogP contribution in [0.3, 0.4) is 0 Å². The van der Waals surface area contributed by atoms with Crippen LogP contribution in [0.2, 0.25) is 0 Å². The van der Waals surface area contributed by atoms with E-state index in [1.54, 1.807) is 13.2 Å². The summed E-state index contributed by atoms with van der Waals surface area (Å²) in [6.45, 7) is 0.658. The number of hydrogen-bond donors (Lipinski definition) is 2. The van der Waals surface area contributed by atoms with Gasteiger partial charge in [0.1, 0.15) is 5.75 Å². The van der Waals surface area contributed by atoms with Gasteiger partial charge in [0.15, 0.2) is 0 Å². The number of rotatable bonds is 5. The number of ether oxygens (including phenoxy) is 1. The fourth-order valence-corrected chi connectivity index (χ4v) is 3.32. The smallest absolute Gasteiger partial charge is 0.251 e. The van der Waals surface area contributed by atoms with Crippen molar-refractivity contribution in [3.05, 3.63) is 65.9 Å². The standard InChI is InChI=1S/C20H20N2O2/c1-24-15-6-4-5-14(11-15)19(23)22-13-20(9-10-20)17-12-21-18-8-3-2-7-16(17)18/h2-8,11-12,21H,9-10,13H2,1H3,(H,22,23).